The molecule has 0 saturated heterocycles. The molecule has 0 aliphatic heterocycles. The fraction of sp³-hybridized carbons (Fsp3) is 0.429. The molecule has 2 aromatic heterocycles. The molecule has 0 aliphatic rings. The molecule has 0 spiro atoms. The smallest absolute Gasteiger partial charge is 0.222 e. The average molecular weight is 306 g/mol. The van der Waals surface area contributed by atoms with Crippen LogP contribution in [0.25, 0.3) is 21.2 Å². The summed E-state index contributed by atoms with van der Waals surface area (Å²) in [6.07, 6.45) is 4.18. The van der Waals surface area contributed by atoms with E-state index < -0.39 is 5.54 Å². The second-order valence-corrected chi connectivity index (χ2v) is 5.51. The van der Waals surface area contributed by atoms with Gasteiger partial charge >= 0.3 is 0 Å². The van der Waals surface area contributed by atoms with Crippen molar-refractivity contribution in [2.24, 2.45) is 5.11 Å². The SMILES string of the molecule is CCCOc1ncc(C(C)(C)N=[N+]=[N-])c2cc(Cl)ncc12. The number of halogens is 1. The maximum atomic E-state index is 8.74. The summed E-state index contributed by atoms with van der Waals surface area (Å²) in [4.78, 5) is 11.3. The first kappa shape index (κ1) is 15.4. The second-order valence-electron chi connectivity index (χ2n) is 5.13. The Bertz CT molecular complexity index is 710. The molecule has 0 aliphatic carbocycles. The van der Waals surface area contributed by atoms with Gasteiger partial charge in [-0.2, -0.15) is 0 Å². The number of fused-ring (bicyclic) bond motifs is 1. The Morgan fingerprint density at radius 1 is 1.33 bits per heavy atom. The van der Waals surface area contributed by atoms with Crippen molar-refractivity contribution in [3.8, 4) is 5.88 Å². The summed E-state index contributed by atoms with van der Waals surface area (Å²) in [5.74, 6) is 0.511. The highest BCUT2D eigenvalue weighted by Gasteiger charge is 2.23. The van der Waals surface area contributed by atoms with E-state index in [1.807, 2.05) is 20.8 Å². The van der Waals surface area contributed by atoms with Crippen LogP contribution in [0.4, 0.5) is 0 Å². The van der Waals surface area contributed by atoms with Gasteiger partial charge in [-0.3, -0.25) is 0 Å². The molecular weight excluding hydrogens is 290 g/mol. The van der Waals surface area contributed by atoms with E-state index in [9.17, 15) is 0 Å². The maximum absolute atomic E-state index is 8.74. The van der Waals surface area contributed by atoms with Crippen LogP contribution < -0.4 is 4.74 Å². The summed E-state index contributed by atoms with van der Waals surface area (Å²) in [6, 6.07) is 1.74. The Morgan fingerprint density at radius 3 is 2.76 bits per heavy atom. The van der Waals surface area contributed by atoms with Crippen LogP contribution in [-0.4, -0.2) is 16.6 Å². The minimum atomic E-state index is -0.742. The minimum absolute atomic E-state index is 0.369. The minimum Gasteiger partial charge on any atom is -0.477 e. The zero-order chi connectivity index (χ0) is 15.5. The first-order chi connectivity index (χ1) is 9.99. The Kier molecular flexibility index (Phi) is 4.50. The molecule has 0 radical (unpaired) electrons. The zero-order valence-electron chi connectivity index (χ0n) is 12.2. The van der Waals surface area contributed by atoms with Gasteiger partial charge in [0, 0.05) is 17.3 Å². The topological polar surface area (TPSA) is 83.8 Å². The molecule has 0 unspecified atom stereocenters. The van der Waals surface area contributed by atoms with E-state index in [-0.39, 0.29) is 0 Å². The summed E-state index contributed by atoms with van der Waals surface area (Å²) in [5.41, 5.74) is 8.77. The molecule has 2 heterocycles. The van der Waals surface area contributed by atoms with Gasteiger partial charge in [-0.1, -0.05) is 37.5 Å². The first-order valence-corrected chi connectivity index (χ1v) is 7.01. The van der Waals surface area contributed by atoms with Crippen LogP contribution >= 0.6 is 11.6 Å². The molecule has 0 bridgehead atoms. The molecule has 2 rings (SSSR count). The van der Waals surface area contributed by atoms with Crippen molar-refractivity contribution in [3.05, 3.63) is 39.6 Å². The van der Waals surface area contributed by atoms with Crippen LogP contribution in [-0.2, 0) is 5.54 Å². The number of hydrogen-bond acceptors (Lipinski definition) is 4. The van der Waals surface area contributed by atoms with E-state index in [1.165, 1.54) is 0 Å². The molecule has 7 heteroatoms. The first-order valence-electron chi connectivity index (χ1n) is 6.63. The normalized spacial score (nSPS) is 11.2. The molecular formula is C14H16ClN5O. The van der Waals surface area contributed by atoms with Crippen molar-refractivity contribution < 1.29 is 4.74 Å². The molecule has 0 fully saturated rings. The Hall–Kier alpha value is -2.04. The lowest BCUT2D eigenvalue weighted by atomic mass is 9.93. The van der Waals surface area contributed by atoms with E-state index in [4.69, 9.17) is 21.9 Å². The van der Waals surface area contributed by atoms with Gasteiger partial charge in [0.1, 0.15) is 5.15 Å². The predicted molar refractivity (Wildman–Crippen MR) is 82.5 cm³/mol. The van der Waals surface area contributed by atoms with Gasteiger partial charge in [0.05, 0.1) is 17.5 Å². The highest BCUT2D eigenvalue weighted by Crippen LogP contribution is 2.35. The van der Waals surface area contributed by atoms with Crippen LogP contribution in [0.15, 0.2) is 23.6 Å². The number of aromatic nitrogens is 2. The number of pyridine rings is 2. The molecule has 0 saturated carbocycles. The predicted octanol–water partition coefficient (Wildman–Crippen LogP) is 4.62. The van der Waals surface area contributed by atoms with Gasteiger partial charge in [0.2, 0.25) is 5.88 Å². The van der Waals surface area contributed by atoms with Gasteiger partial charge in [-0.25, -0.2) is 9.97 Å². The zero-order valence-corrected chi connectivity index (χ0v) is 12.9. The number of rotatable bonds is 5. The Balaban J connectivity index is 2.68. The van der Waals surface area contributed by atoms with Gasteiger partial charge in [-0.05, 0) is 29.0 Å². The fourth-order valence-corrected chi connectivity index (χ4v) is 2.21. The van der Waals surface area contributed by atoms with Gasteiger partial charge in [-0.15, -0.1) is 0 Å². The van der Waals surface area contributed by atoms with Crippen LogP contribution in [0.3, 0.4) is 0 Å². The quantitative estimate of drug-likeness (QED) is 0.350. The van der Waals surface area contributed by atoms with Crippen molar-refractivity contribution in [2.45, 2.75) is 32.7 Å². The highest BCUT2D eigenvalue weighted by atomic mass is 35.5. The standard InChI is InChI=1S/C14H16ClN5O/c1-4-5-21-13-10-7-17-12(15)6-9(10)11(8-18-13)14(2,3)19-20-16/h6-8H,4-5H2,1-3H3. The van der Waals surface area contributed by atoms with Gasteiger partial charge < -0.3 is 4.74 Å². The third-order valence-electron chi connectivity index (χ3n) is 3.10. The monoisotopic (exact) mass is 305 g/mol. The molecule has 110 valence electrons. The summed E-state index contributed by atoms with van der Waals surface area (Å²) >= 11 is 6.00. The van der Waals surface area contributed by atoms with E-state index >= 15 is 0 Å². The summed E-state index contributed by atoms with van der Waals surface area (Å²) in [6.45, 7) is 6.24. The third kappa shape index (κ3) is 3.17. The van der Waals surface area contributed by atoms with Crippen molar-refractivity contribution in [1.29, 1.82) is 0 Å². The van der Waals surface area contributed by atoms with Crippen molar-refractivity contribution >= 4 is 22.4 Å². The largest absolute Gasteiger partial charge is 0.477 e. The average Bonchev–Trinajstić information content (AvgIpc) is 2.44. The summed E-state index contributed by atoms with van der Waals surface area (Å²) < 4.78 is 5.64. The number of nitrogens with zero attached hydrogens (tertiary/aromatic N) is 5. The number of azide groups is 1. The Labute approximate surface area is 127 Å². The maximum Gasteiger partial charge on any atom is 0.222 e. The van der Waals surface area contributed by atoms with Crippen LogP contribution in [0.5, 0.6) is 5.88 Å². The van der Waals surface area contributed by atoms with E-state index in [2.05, 4.69) is 20.0 Å². The van der Waals surface area contributed by atoms with E-state index in [0.717, 1.165) is 22.8 Å². The van der Waals surface area contributed by atoms with Crippen LogP contribution in [0.1, 0.15) is 32.8 Å². The van der Waals surface area contributed by atoms with Crippen molar-refractivity contribution in [1.82, 2.24) is 9.97 Å². The number of hydrogen-bond donors (Lipinski definition) is 0. The summed E-state index contributed by atoms with van der Waals surface area (Å²) in [5, 5.41) is 5.79. The van der Waals surface area contributed by atoms with Crippen molar-refractivity contribution in [3.63, 3.8) is 0 Å². The molecule has 2 aromatic rings. The molecule has 0 N–H and O–H groups in total. The molecule has 6 nitrogen and oxygen atoms in total. The van der Waals surface area contributed by atoms with Gasteiger partial charge in [0.15, 0.2) is 0 Å². The molecule has 0 atom stereocenters. The summed E-state index contributed by atoms with van der Waals surface area (Å²) in [7, 11) is 0. The van der Waals surface area contributed by atoms with Crippen molar-refractivity contribution in [2.75, 3.05) is 6.61 Å². The van der Waals surface area contributed by atoms with Gasteiger partial charge in [0.25, 0.3) is 0 Å². The molecule has 0 amide bonds. The van der Waals surface area contributed by atoms with E-state index in [1.54, 1.807) is 18.5 Å². The molecule has 0 aromatic carbocycles. The molecule has 21 heavy (non-hydrogen) atoms. The lowest BCUT2D eigenvalue weighted by molar-refractivity contribution is 0.309. The van der Waals surface area contributed by atoms with E-state index in [0.29, 0.717) is 17.6 Å². The number of ether oxygens (including phenoxy) is 1. The fourth-order valence-electron chi connectivity index (χ4n) is 2.05. The lowest BCUT2D eigenvalue weighted by Gasteiger charge is -2.21. The Morgan fingerprint density at radius 2 is 2.10 bits per heavy atom. The second kappa shape index (κ2) is 6.16. The highest BCUT2D eigenvalue weighted by molar-refractivity contribution is 6.30. The van der Waals surface area contributed by atoms with Crippen LogP contribution in [0, 0.1) is 0 Å². The van der Waals surface area contributed by atoms with Crippen LogP contribution in [0.2, 0.25) is 5.15 Å². The lowest BCUT2D eigenvalue weighted by Crippen LogP contribution is -2.14. The third-order valence-corrected chi connectivity index (χ3v) is 3.31.